The predicted octanol–water partition coefficient (Wildman–Crippen LogP) is 2.63. The molecule has 0 spiro atoms. The topological polar surface area (TPSA) is 46.1 Å². The van der Waals surface area contributed by atoms with E-state index in [1.54, 1.807) is 23.7 Å². The van der Waals surface area contributed by atoms with Gasteiger partial charge in [-0.2, -0.15) is 0 Å². The van der Waals surface area contributed by atoms with Crippen molar-refractivity contribution in [1.82, 2.24) is 14.9 Å². The Hall–Kier alpha value is -1.75. The lowest BCUT2D eigenvalue weighted by molar-refractivity contribution is 0.0673. The molecular weight excluding hydrogens is 270 g/mol. The Balaban J connectivity index is 1.64. The summed E-state index contributed by atoms with van der Waals surface area (Å²) in [5, 5.41) is 3.18. The Bertz CT molecular complexity index is 556. The SMILES string of the molecule is O=C(c1cccnc1)N1CCC[C@H](Cc2nccs2)C1. The van der Waals surface area contributed by atoms with Gasteiger partial charge in [0.1, 0.15) is 0 Å². The molecule has 104 valence electrons. The van der Waals surface area contributed by atoms with Crippen molar-refractivity contribution >= 4 is 17.2 Å². The van der Waals surface area contributed by atoms with Crippen LogP contribution in [-0.4, -0.2) is 33.9 Å². The lowest BCUT2D eigenvalue weighted by Gasteiger charge is -2.32. The molecular formula is C15H17N3OS. The molecule has 20 heavy (non-hydrogen) atoms. The summed E-state index contributed by atoms with van der Waals surface area (Å²) in [5.41, 5.74) is 0.683. The first-order chi connectivity index (χ1) is 9.83. The van der Waals surface area contributed by atoms with E-state index in [1.165, 1.54) is 11.4 Å². The molecule has 1 aliphatic rings. The molecule has 1 saturated heterocycles. The van der Waals surface area contributed by atoms with Gasteiger partial charge in [0.05, 0.1) is 10.6 Å². The van der Waals surface area contributed by atoms with Crippen molar-refractivity contribution in [2.75, 3.05) is 13.1 Å². The summed E-state index contributed by atoms with van der Waals surface area (Å²) in [5.74, 6) is 0.623. The zero-order valence-corrected chi connectivity index (χ0v) is 12.1. The monoisotopic (exact) mass is 287 g/mol. The summed E-state index contributed by atoms with van der Waals surface area (Å²) in [7, 11) is 0. The highest BCUT2D eigenvalue weighted by Gasteiger charge is 2.25. The molecule has 3 rings (SSSR count). The zero-order valence-electron chi connectivity index (χ0n) is 11.2. The standard InChI is InChI=1S/C15H17N3OS/c19-15(13-4-1-5-16-10-13)18-7-2-3-12(11-18)9-14-17-6-8-20-14/h1,4-6,8,10,12H,2-3,7,9,11H2/t12-/m1/s1. The molecule has 0 N–H and O–H groups in total. The molecule has 1 amide bonds. The van der Waals surface area contributed by atoms with Gasteiger partial charge in [0.2, 0.25) is 0 Å². The Labute approximate surface area is 122 Å². The normalized spacial score (nSPS) is 19.0. The van der Waals surface area contributed by atoms with Crippen molar-refractivity contribution in [1.29, 1.82) is 0 Å². The molecule has 0 bridgehead atoms. The fraction of sp³-hybridized carbons (Fsp3) is 0.400. The fourth-order valence-electron chi connectivity index (χ4n) is 2.69. The van der Waals surface area contributed by atoms with Crippen LogP contribution in [0.5, 0.6) is 0 Å². The number of carbonyl (C=O) groups excluding carboxylic acids is 1. The van der Waals surface area contributed by atoms with E-state index in [0.29, 0.717) is 11.5 Å². The minimum absolute atomic E-state index is 0.0990. The van der Waals surface area contributed by atoms with Gasteiger partial charge in [0.25, 0.3) is 5.91 Å². The van der Waals surface area contributed by atoms with Crippen LogP contribution >= 0.6 is 11.3 Å². The summed E-state index contributed by atoms with van der Waals surface area (Å²) in [6.45, 7) is 1.68. The van der Waals surface area contributed by atoms with E-state index in [-0.39, 0.29) is 5.91 Å². The van der Waals surface area contributed by atoms with E-state index < -0.39 is 0 Å². The van der Waals surface area contributed by atoms with Crippen LogP contribution in [0.3, 0.4) is 0 Å². The summed E-state index contributed by atoms with van der Waals surface area (Å²) < 4.78 is 0. The second kappa shape index (κ2) is 6.13. The van der Waals surface area contributed by atoms with Crippen molar-refractivity contribution < 1.29 is 4.79 Å². The lowest BCUT2D eigenvalue weighted by atomic mass is 9.94. The van der Waals surface area contributed by atoms with Gasteiger partial charge in [0.15, 0.2) is 0 Å². The van der Waals surface area contributed by atoms with Crippen molar-refractivity contribution in [2.45, 2.75) is 19.3 Å². The number of rotatable bonds is 3. The number of hydrogen-bond acceptors (Lipinski definition) is 4. The highest BCUT2D eigenvalue weighted by molar-refractivity contribution is 7.09. The van der Waals surface area contributed by atoms with Gasteiger partial charge in [-0.3, -0.25) is 9.78 Å². The number of pyridine rings is 1. The van der Waals surface area contributed by atoms with Crippen LogP contribution in [0.2, 0.25) is 0 Å². The molecule has 5 heteroatoms. The Morgan fingerprint density at radius 2 is 2.40 bits per heavy atom. The third kappa shape index (κ3) is 3.04. The van der Waals surface area contributed by atoms with E-state index in [0.717, 1.165) is 25.9 Å². The van der Waals surface area contributed by atoms with E-state index in [1.807, 2.05) is 28.6 Å². The number of hydrogen-bond donors (Lipinski definition) is 0. The summed E-state index contributed by atoms with van der Waals surface area (Å²) in [4.78, 5) is 22.7. The van der Waals surface area contributed by atoms with E-state index in [2.05, 4.69) is 9.97 Å². The lowest BCUT2D eigenvalue weighted by Crippen LogP contribution is -2.40. The summed E-state index contributed by atoms with van der Waals surface area (Å²) in [6.07, 6.45) is 8.42. The second-order valence-electron chi connectivity index (χ2n) is 5.13. The first kappa shape index (κ1) is 13.2. The van der Waals surface area contributed by atoms with Crippen molar-refractivity contribution in [3.05, 3.63) is 46.7 Å². The van der Waals surface area contributed by atoms with Crippen LogP contribution in [-0.2, 0) is 6.42 Å². The fourth-order valence-corrected chi connectivity index (χ4v) is 3.42. The molecule has 2 aromatic rings. The molecule has 3 heterocycles. The summed E-state index contributed by atoms with van der Waals surface area (Å²) in [6, 6.07) is 3.64. The molecule has 1 aliphatic heterocycles. The Kier molecular flexibility index (Phi) is 4.06. The highest BCUT2D eigenvalue weighted by atomic mass is 32.1. The maximum atomic E-state index is 12.4. The van der Waals surface area contributed by atoms with Crippen LogP contribution in [0.25, 0.3) is 0 Å². The van der Waals surface area contributed by atoms with Crippen LogP contribution < -0.4 is 0 Å². The van der Waals surface area contributed by atoms with Crippen molar-refractivity contribution in [3.63, 3.8) is 0 Å². The third-order valence-electron chi connectivity index (χ3n) is 3.66. The molecule has 4 nitrogen and oxygen atoms in total. The average Bonchev–Trinajstić information content (AvgIpc) is 3.01. The minimum Gasteiger partial charge on any atom is -0.338 e. The van der Waals surface area contributed by atoms with Gasteiger partial charge >= 0.3 is 0 Å². The van der Waals surface area contributed by atoms with Gasteiger partial charge in [0, 0.05) is 43.5 Å². The maximum absolute atomic E-state index is 12.4. The number of piperidine rings is 1. The molecule has 0 radical (unpaired) electrons. The number of amides is 1. The third-order valence-corrected chi connectivity index (χ3v) is 4.46. The van der Waals surface area contributed by atoms with Crippen LogP contribution in [0.15, 0.2) is 36.1 Å². The van der Waals surface area contributed by atoms with Gasteiger partial charge in [-0.1, -0.05) is 0 Å². The van der Waals surface area contributed by atoms with Crippen LogP contribution in [0.1, 0.15) is 28.2 Å². The van der Waals surface area contributed by atoms with E-state index >= 15 is 0 Å². The average molecular weight is 287 g/mol. The molecule has 0 saturated carbocycles. The zero-order chi connectivity index (χ0) is 13.8. The molecule has 2 aromatic heterocycles. The first-order valence-electron chi connectivity index (χ1n) is 6.90. The van der Waals surface area contributed by atoms with Crippen molar-refractivity contribution in [3.8, 4) is 0 Å². The smallest absolute Gasteiger partial charge is 0.255 e. The molecule has 0 aliphatic carbocycles. The van der Waals surface area contributed by atoms with Gasteiger partial charge in [-0.15, -0.1) is 11.3 Å². The molecule has 1 fully saturated rings. The number of thiazole rings is 1. The molecule has 0 unspecified atom stereocenters. The van der Waals surface area contributed by atoms with E-state index in [4.69, 9.17) is 0 Å². The van der Waals surface area contributed by atoms with Crippen molar-refractivity contribution in [2.24, 2.45) is 5.92 Å². The number of likely N-dealkylation sites (tertiary alicyclic amines) is 1. The molecule has 0 aromatic carbocycles. The molecule has 1 atom stereocenters. The number of nitrogens with zero attached hydrogens (tertiary/aromatic N) is 3. The van der Waals surface area contributed by atoms with Crippen LogP contribution in [0, 0.1) is 5.92 Å². The van der Waals surface area contributed by atoms with Gasteiger partial charge in [-0.25, -0.2) is 4.98 Å². The van der Waals surface area contributed by atoms with Gasteiger partial charge < -0.3 is 4.90 Å². The first-order valence-corrected chi connectivity index (χ1v) is 7.78. The Morgan fingerprint density at radius 3 is 3.15 bits per heavy atom. The quantitative estimate of drug-likeness (QED) is 0.872. The predicted molar refractivity (Wildman–Crippen MR) is 78.7 cm³/mol. The number of carbonyl (C=O) groups is 1. The largest absolute Gasteiger partial charge is 0.338 e. The maximum Gasteiger partial charge on any atom is 0.255 e. The number of aromatic nitrogens is 2. The van der Waals surface area contributed by atoms with E-state index in [9.17, 15) is 4.79 Å². The van der Waals surface area contributed by atoms with Gasteiger partial charge in [-0.05, 0) is 30.9 Å². The highest BCUT2D eigenvalue weighted by Crippen LogP contribution is 2.22. The summed E-state index contributed by atoms with van der Waals surface area (Å²) >= 11 is 1.70. The van der Waals surface area contributed by atoms with Crippen LogP contribution in [0.4, 0.5) is 0 Å². The second-order valence-corrected chi connectivity index (χ2v) is 6.11. The Morgan fingerprint density at radius 1 is 1.45 bits per heavy atom. The minimum atomic E-state index is 0.0990.